The molecule has 0 saturated heterocycles. The van der Waals surface area contributed by atoms with E-state index in [2.05, 4.69) is 74.7 Å². The van der Waals surface area contributed by atoms with Gasteiger partial charge in [0.2, 0.25) is 29.5 Å². The number of hydrogen-bond acceptors (Lipinski definition) is 17. The number of aryl methyl sites for hydroxylation is 1. The van der Waals surface area contributed by atoms with Crippen molar-refractivity contribution in [3.05, 3.63) is 70.8 Å². The molecule has 430 valence electrons. The molecule has 23 nitrogen and oxygen atoms in total. The lowest BCUT2D eigenvalue weighted by Crippen LogP contribution is -2.47. The Kier molecular flexibility index (Phi) is 28.4. The SMILES string of the molecule is CCCCc1nc(Cl)c(CNC(=O)COCC(=O)NCCOCCOCCNC(=O)CCCC(=O)NCCC(CCNC(C)(C)/C(C)=N/O)CCNC(C)(C)/C(C)=N/O)n1Cc1ccc(-c2ccccc2-c2nn[nH]n2)cc1. The summed E-state index contributed by atoms with van der Waals surface area (Å²) in [6.07, 6.45) is 5.92. The minimum atomic E-state index is -0.467. The zero-order valence-corrected chi connectivity index (χ0v) is 47.3. The lowest BCUT2D eigenvalue weighted by Gasteiger charge is -2.28. The predicted octanol–water partition coefficient (Wildman–Crippen LogP) is 5.18. The van der Waals surface area contributed by atoms with Crippen molar-refractivity contribution in [1.82, 2.24) is 62.1 Å². The quantitative estimate of drug-likeness (QED) is 0.0120. The van der Waals surface area contributed by atoms with Crippen LogP contribution in [0.1, 0.15) is 117 Å². The van der Waals surface area contributed by atoms with E-state index in [9.17, 15) is 29.6 Å². The van der Waals surface area contributed by atoms with Gasteiger partial charge in [-0.05, 0) is 115 Å². The molecule has 2 heterocycles. The van der Waals surface area contributed by atoms with Crippen LogP contribution in [0, 0.1) is 5.92 Å². The van der Waals surface area contributed by atoms with Gasteiger partial charge in [-0.1, -0.05) is 83.8 Å². The lowest BCUT2D eigenvalue weighted by molar-refractivity contribution is -0.131. The van der Waals surface area contributed by atoms with Crippen LogP contribution in [-0.4, -0.2) is 159 Å². The standard InChI is InChI=1S/C54H83ClN14O9/c1-8-9-15-46-62-51(55)45(69(46)35-41-18-20-42(21-19-41)43-13-10-11-14-44(43)52-63-67-68-64-52)34-59-50(73)37-78-36-49(72)58-29-31-77-33-32-76-30-28-57-48(71)17-12-16-47(70)56-25-22-40(23-26-60-53(4,5)38(2)65-74)24-27-61-54(6,7)39(3)66-75/h10-11,13-14,18-21,40,60-61,74-75H,8-9,12,15-17,22-37H2,1-7H3,(H,56,70)(H,57,71)(H,58,72)(H,59,73)(H,63,64,67,68)/b65-38+,66-39+. The normalized spacial score (nSPS) is 12.3. The molecule has 0 aliphatic heterocycles. The van der Waals surface area contributed by atoms with Crippen LogP contribution in [0.25, 0.3) is 22.5 Å². The van der Waals surface area contributed by atoms with E-state index in [1.807, 2.05) is 80.8 Å². The number of amides is 4. The van der Waals surface area contributed by atoms with Gasteiger partial charge < -0.3 is 61.1 Å². The molecule has 0 aliphatic rings. The van der Waals surface area contributed by atoms with Gasteiger partial charge in [0.1, 0.15) is 19.0 Å². The van der Waals surface area contributed by atoms with Crippen molar-refractivity contribution in [2.24, 2.45) is 16.2 Å². The molecular formula is C54H83ClN14O9. The molecule has 9 N–H and O–H groups in total. The van der Waals surface area contributed by atoms with Crippen LogP contribution in [0.4, 0.5) is 0 Å². The monoisotopic (exact) mass is 1110 g/mol. The summed E-state index contributed by atoms with van der Waals surface area (Å²) in [6.45, 7) is 17.0. The molecule has 0 spiro atoms. The number of hydrogen-bond donors (Lipinski definition) is 9. The van der Waals surface area contributed by atoms with Crippen LogP contribution in [0.5, 0.6) is 0 Å². The average molecular weight is 1110 g/mol. The Morgan fingerprint density at radius 2 is 1.26 bits per heavy atom. The van der Waals surface area contributed by atoms with Gasteiger partial charge in [0.05, 0.1) is 61.2 Å². The highest BCUT2D eigenvalue weighted by atomic mass is 35.5. The summed E-state index contributed by atoms with van der Waals surface area (Å²) in [7, 11) is 0. The summed E-state index contributed by atoms with van der Waals surface area (Å²) in [5.41, 5.74) is 4.76. The molecular weight excluding hydrogens is 1020 g/mol. The third-order valence-electron chi connectivity index (χ3n) is 13.4. The van der Waals surface area contributed by atoms with Gasteiger partial charge in [0, 0.05) is 51.0 Å². The summed E-state index contributed by atoms with van der Waals surface area (Å²) in [5, 5.41) is 58.2. The van der Waals surface area contributed by atoms with Gasteiger partial charge >= 0.3 is 0 Å². The smallest absolute Gasteiger partial charge is 0.246 e. The third-order valence-corrected chi connectivity index (χ3v) is 13.7. The van der Waals surface area contributed by atoms with Crippen LogP contribution in [0.15, 0.2) is 58.8 Å². The van der Waals surface area contributed by atoms with E-state index in [1.54, 1.807) is 13.8 Å². The Morgan fingerprint density at radius 3 is 1.82 bits per heavy atom. The maximum absolute atomic E-state index is 12.8. The first kappa shape index (κ1) is 64.2. The van der Waals surface area contributed by atoms with Crippen LogP contribution < -0.4 is 31.9 Å². The largest absolute Gasteiger partial charge is 0.411 e. The van der Waals surface area contributed by atoms with Crippen molar-refractivity contribution in [2.75, 3.05) is 72.4 Å². The topological polar surface area (TPSA) is 306 Å². The second-order valence-corrected chi connectivity index (χ2v) is 20.4. The van der Waals surface area contributed by atoms with E-state index in [-0.39, 0.29) is 76.7 Å². The van der Waals surface area contributed by atoms with Crippen LogP contribution in [0.2, 0.25) is 5.15 Å². The van der Waals surface area contributed by atoms with Crippen molar-refractivity contribution in [2.45, 2.75) is 130 Å². The van der Waals surface area contributed by atoms with Gasteiger partial charge in [0.15, 0.2) is 5.15 Å². The van der Waals surface area contributed by atoms with E-state index < -0.39 is 22.9 Å². The number of nitrogens with one attached hydrogen (secondary N) is 7. The number of unbranched alkanes of at least 4 members (excludes halogenated alkanes) is 1. The molecule has 0 radical (unpaired) electrons. The van der Waals surface area contributed by atoms with Crippen molar-refractivity contribution < 1.29 is 43.8 Å². The highest BCUT2D eigenvalue weighted by Gasteiger charge is 2.24. The second-order valence-electron chi connectivity index (χ2n) is 20.0. The van der Waals surface area contributed by atoms with Gasteiger partial charge in [-0.2, -0.15) is 5.21 Å². The molecule has 4 rings (SSSR count). The molecule has 2 aromatic heterocycles. The van der Waals surface area contributed by atoms with E-state index >= 15 is 0 Å². The summed E-state index contributed by atoms with van der Waals surface area (Å²) in [5.74, 6) is 0.527. The predicted molar refractivity (Wildman–Crippen MR) is 298 cm³/mol. The molecule has 0 bridgehead atoms. The molecule has 2 aromatic carbocycles. The van der Waals surface area contributed by atoms with Crippen molar-refractivity contribution >= 4 is 46.7 Å². The molecule has 0 unspecified atom stereocenters. The summed E-state index contributed by atoms with van der Waals surface area (Å²) in [4.78, 5) is 54.7. The zero-order chi connectivity index (χ0) is 56.8. The Hall–Kier alpha value is -6.37. The molecule has 0 saturated carbocycles. The third kappa shape index (κ3) is 22.9. The Balaban J connectivity index is 1.03. The number of nitrogens with zero attached hydrogens (tertiary/aromatic N) is 7. The number of ether oxygens (including phenoxy) is 3. The average Bonchev–Trinajstić information content (AvgIpc) is 4.08. The fourth-order valence-electron chi connectivity index (χ4n) is 8.05. The molecule has 24 heteroatoms. The number of benzene rings is 2. The second kappa shape index (κ2) is 34.5. The van der Waals surface area contributed by atoms with Gasteiger partial charge in [-0.25, -0.2) is 4.98 Å². The Labute approximate surface area is 463 Å². The number of tetrazole rings is 1. The fraction of sp³-hybridized carbons (Fsp3) is 0.593. The maximum atomic E-state index is 12.8. The molecule has 4 aromatic rings. The Morgan fingerprint density at radius 1 is 0.705 bits per heavy atom. The van der Waals surface area contributed by atoms with Gasteiger partial charge in [0.25, 0.3) is 0 Å². The molecule has 0 aliphatic carbocycles. The minimum Gasteiger partial charge on any atom is -0.411 e. The highest BCUT2D eigenvalue weighted by molar-refractivity contribution is 6.30. The van der Waals surface area contributed by atoms with E-state index in [1.165, 1.54) is 0 Å². The fourth-order valence-corrected chi connectivity index (χ4v) is 8.32. The number of oxime groups is 2. The first-order valence-corrected chi connectivity index (χ1v) is 27.2. The van der Waals surface area contributed by atoms with Crippen molar-refractivity contribution in [1.29, 1.82) is 0 Å². The lowest BCUT2D eigenvalue weighted by atomic mass is 9.94. The van der Waals surface area contributed by atoms with E-state index in [4.69, 9.17) is 25.8 Å². The number of aromatic amines is 1. The molecule has 4 amide bonds. The number of imidazole rings is 1. The highest BCUT2D eigenvalue weighted by Crippen LogP contribution is 2.30. The zero-order valence-electron chi connectivity index (χ0n) is 46.5. The van der Waals surface area contributed by atoms with Gasteiger partial charge in [-0.3, -0.25) is 19.2 Å². The molecule has 78 heavy (non-hydrogen) atoms. The van der Waals surface area contributed by atoms with E-state index in [0.29, 0.717) is 73.8 Å². The summed E-state index contributed by atoms with van der Waals surface area (Å²) < 4.78 is 18.5. The minimum absolute atomic E-state index is 0.113. The van der Waals surface area contributed by atoms with Crippen molar-refractivity contribution in [3.63, 3.8) is 0 Å². The maximum Gasteiger partial charge on any atom is 0.246 e. The number of carbonyl (C=O) groups excluding carboxylic acids is 4. The van der Waals surface area contributed by atoms with Gasteiger partial charge in [-0.15, -0.1) is 10.2 Å². The summed E-state index contributed by atoms with van der Waals surface area (Å²) in [6, 6.07) is 16.1. The van der Waals surface area contributed by atoms with Crippen LogP contribution >= 0.6 is 11.6 Å². The van der Waals surface area contributed by atoms with Crippen LogP contribution in [-0.2, 0) is 52.9 Å². The number of carbonyl (C=O) groups is 4. The molecule has 0 atom stereocenters. The first-order chi connectivity index (χ1) is 37.5. The number of aromatic nitrogens is 6. The number of H-pyrrole nitrogens is 1. The van der Waals surface area contributed by atoms with E-state index in [0.717, 1.165) is 66.6 Å². The Bertz CT molecular complexity index is 2470. The first-order valence-electron chi connectivity index (χ1n) is 26.8. The van der Waals surface area contributed by atoms with Crippen LogP contribution in [0.3, 0.4) is 0 Å². The summed E-state index contributed by atoms with van der Waals surface area (Å²) >= 11 is 6.65. The van der Waals surface area contributed by atoms with Crippen molar-refractivity contribution in [3.8, 4) is 22.5 Å². The number of halogens is 1. The number of rotatable bonds is 39. The molecule has 0 fully saturated rings.